The fourth-order valence-electron chi connectivity index (χ4n) is 1.62. The molecule has 0 bridgehead atoms. The van der Waals surface area contributed by atoms with Crippen molar-refractivity contribution in [2.75, 3.05) is 4.72 Å². The first-order valence-corrected chi connectivity index (χ1v) is 9.01. The van der Waals surface area contributed by atoms with Crippen LogP contribution in [0.2, 0.25) is 0 Å². The number of halogens is 1. The van der Waals surface area contributed by atoms with E-state index in [4.69, 9.17) is 5.73 Å². The molecule has 2 rings (SSSR count). The lowest BCUT2D eigenvalue weighted by Crippen LogP contribution is -2.14. The summed E-state index contributed by atoms with van der Waals surface area (Å²) in [5.41, 5.74) is 6.73. The predicted molar refractivity (Wildman–Crippen MR) is 84.3 cm³/mol. The molecule has 0 aliphatic heterocycles. The summed E-state index contributed by atoms with van der Waals surface area (Å²) < 4.78 is 27.8. The van der Waals surface area contributed by atoms with E-state index < -0.39 is 10.0 Å². The van der Waals surface area contributed by atoms with Crippen molar-refractivity contribution in [1.29, 1.82) is 0 Å². The summed E-state index contributed by atoms with van der Waals surface area (Å²) in [6.45, 7) is 1.96. The van der Waals surface area contributed by atoms with Crippen LogP contribution in [0, 0.1) is 0 Å². The molecule has 1 heterocycles. The van der Waals surface area contributed by atoms with E-state index in [2.05, 4.69) is 25.6 Å². The lowest BCUT2D eigenvalue weighted by atomic mass is 10.1. The molecule has 2 aromatic rings. The van der Waals surface area contributed by atoms with Crippen LogP contribution in [0.15, 0.2) is 39.1 Å². The van der Waals surface area contributed by atoms with Gasteiger partial charge in [0.1, 0.15) is 0 Å². The molecule has 0 radical (unpaired) electrons. The van der Waals surface area contributed by atoms with Crippen molar-refractivity contribution in [2.24, 2.45) is 5.73 Å². The number of rotatable bonds is 5. The Morgan fingerprint density at radius 2 is 2.25 bits per heavy atom. The van der Waals surface area contributed by atoms with E-state index in [-0.39, 0.29) is 10.9 Å². The summed E-state index contributed by atoms with van der Waals surface area (Å²) in [7, 11) is -3.64. The largest absolute Gasteiger partial charge is 0.324 e. The smallest absolute Gasteiger partial charge is 0.263 e. The van der Waals surface area contributed by atoms with Crippen LogP contribution in [0.25, 0.3) is 0 Å². The van der Waals surface area contributed by atoms with Gasteiger partial charge in [-0.15, -0.1) is 0 Å². The van der Waals surface area contributed by atoms with Crippen molar-refractivity contribution < 1.29 is 8.42 Å². The lowest BCUT2D eigenvalue weighted by Gasteiger charge is -2.11. The maximum Gasteiger partial charge on any atom is 0.263 e. The summed E-state index contributed by atoms with van der Waals surface area (Å²) in [6, 6.07) is 6.49. The number of benzene rings is 1. The zero-order valence-electron chi connectivity index (χ0n) is 10.7. The molecule has 0 aliphatic carbocycles. The lowest BCUT2D eigenvalue weighted by molar-refractivity contribution is 0.600. The van der Waals surface area contributed by atoms with Gasteiger partial charge in [0.05, 0.1) is 14.9 Å². The Morgan fingerprint density at radius 3 is 2.85 bits per heavy atom. The zero-order chi connectivity index (χ0) is 14.8. The molecule has 1 unspecified atom stereocenters. The van der Waals surface area contributed by atoms with Crippen molar-refractivity contribution in [3.05, 3.63) is 39.8 Å². The quantitative estimate of drug-likeness (QED) is 0.840. The summed E-state index contributed by atoms with van der Waals surface area (Å²) in [5.74, 6) is 0. The average molecular weight is 376 g/mol. The topological polar surface area (TPSA) is 85.1 Å². The molecule has 3 N–H and O–H groups in total. The maximum atomic E-state index is 12.3. The third-order valence-electron chi connectivity index (χ3n) is 2.74. The average Bonchev–Trinajstić information content (AvgIpc) is 2.82. The van der Waals surface area contributed by atoms with E-state index in [9.17, 15) is 8.42 Å². The molecule has 1 aromatic carbocycles. The highest BCUT2D eigenvalue weighted by atomic mass is 79.9. The molecule has 0 saturated heterocycles. The Labute approximate surface area is 130 Å². The van der Waals surface area contributed by atoms with Crippen molar-refractivity contribution in [1.82, 2.24) is 4.98 Å². The molecular formula is C12H14BrN3O2S2. The Balaban J connectivity index is 2.29. The second-order valence-electron chi connectivity index (χ2n) is 4.16. The fraction of sp³-hybridized carbons (Fsp3) is 0.250. The van der Waals surface area contributed by atoms with E-state index in [1.165, 1.54) is 17.4 Å². The summed E-state index contributed by atoms with van der Waals surface area (Å²) in [5, 5.41) is 0.321. The molecule has 20 heavy (non-hydrogen) atoms. The second-order valence-corrected chi connectivity index (χ2v) is 8.25. The van der Waals surface area contributed by atoms with Crippen molar-refractivity contribution in [3.63, 3.8) is 0 Å². The van der Waals surface area contributed by atoms with E-state index >= 15 is 0 Å². The highest BCUT2D eigenvalue weighted by molar-refractivity contribution is 9.11. The van der Waals surface area contributed by atoms with Gasteiger partial charge in [0.25, 0.3) is 10.0 Å². The first-order chi connectivity index (χ1) is 9.42. The predicted octanol–water partition coefficient (Wildman–Crippen LogP) is 3.12. The number of nitrogens with zero attached hydrogens (tertiary/aromatic N) is 1. The Morgan fingerprint density at radius 1 is 1.50 bits per heavy atom. The van der Waals surface area contributed by atoms with Gasteiger partial charge in [-0.05, 0) is 40.0 Å². The van der Waals surface area contributed by atoms with Gasteiger partial charge >= 0.3 is 0 Å². The summed E-state index contributed by atoms with van der Waals surface area (Å²) in [4.78, 5) is 4.14. The van der Waals surface area contributed by atoms with E-state index in [1.807, 2.05) is 13.0 Å². The second kappa shape index (κ2) is 6.21. The molecule has 0 saturated carbocycles. The number of sulfonamides is 1. The minimum absolute atomic E-state index is 0.167. The first kappa shape index (κ1) is 15.4. The third-order valence-corrected chi connectivity index (χ3v) is 5.59. The number of aromatic nitrogens is 1. The Kier molecular flexibility index (Phi) is 4.79. The van der Waals surface area contributed by atoms with Crippen LogP contribution < -0.4 is 10.5 Å². The van der Waals surface area contributed by atoms with Crippen molar-refractivity contribution >= 4 is 42.4 Å². The number of nitrogens with one attached hydrogen (secondary N) is 1. The fourth-order valence-corrected chi connectivity index (χ4v) is 4.03. The molecular weight excluding hydrogens is 362 g/mol. The molecule has 0 fully saturated rings. The van der Waals surface area contributed by atoms with Gasteiger partial charge in [-0.2, -0.15) is 0 Å². The van der Waals surface area contributed by atoms with Gasteiger partial charge in [0.15, 0.2) is 5.13 Å². The number of hydrogen-bond donors (Lipinski definition) is 2. The van der Waals surface area contributed by atoms with Gasteiger partial charge < -0.3 is 5.73 Å². The standard InChI is InChI=1S/C12H14BrN3O2S2/c1-2-10(14)8-4-3-5-9(6-8)20(17,18)16-12-15-7-11(13)19-12/h3-7,10H,2,14H2,1H3,(H,15,16). The van der Waals surface area contributed by atoms with E-state index in [0.29, 0.717) is 5.13 Å². The number of hydrogen-bond acceptors (Lipinski definition) is 5. The maximum absolute atomic E-state index is 12.3. The summed E-state index contributed by atoms with van der Waals surface area (Å²) >= 11 is 4.46. The normalized spacial score (nSPS) is 13.2. The first-order valence-electron chi connectivity index (χ1n) is 5.92. The van der Waals surface area contributed by atoms with Crippen LogP contribution in [-0.4, -0.2) is 13.4 Å². The third kappa shape index (κ3) is 3.57. The van der Waals surface area contributed by atoms with E-state index in [0.717, 1.165) is 15.8 Å². The highest BCUT2D eigenvalue weighted by Crippen LogP contribution is 2.26. The molecule has 5 nitrogen and oxygen atoms in total. The highest BCUT2D eigenvalue weighted by Gasteiger charge is 2.17. The molecule has 0 amide bonds. The molecule has 0 aliphatic rings. The number of nitrogens with two attached hydrogens (primary N) is 1. The van der Waals surface area contributed by atoms with Gasteiger partial charge in [0, 0.05) is 6.04 Å². The minimum Gasteiger partial charge on any atom is -0.324 e. The SMILES string of the molecule is CCC(N)c1cccc(S(=O)(=O)Nc2ncc(Br)s2)c1. The molecule has 1 aromatic heterocycles. The van der Waals surface area contributed by atoms with Crippen LogP contribution >= 0.6 is 27.3 Å². The molecule has 8 heteroatoms. The van der Waals surface area contributed by atoms with Crippen molar-refractivity contribution in [2.45, 2.75) is 24.3 Å². The van der Waals surface area contributed by atoms with Gasteiger partial charge in [-0.1, -0.05) is 30.4 Å². The van der Waals surface area contributed by atoms with Crippen LogP contribution in [0.4, 0.5) is 5.13 Å². The Bertz CT molecular complexity index is 700. The minimum atomic E-state index is -3.64. The van der Waals surface area contributed by atoms with Crippen molar-refractivity contribution in [3.8, 4) is 0 Å². The van der Waals surface area contributed by atoms with Gasteiger partial charge in [-0.3, -0.25) is 4.72 Å². The van der Waals surface area contributed by atoms with Gasteiger partial charge in [0.2, 0.25) is 0 Å². The van der Waals surface area contributed by atoms with Crippen LogP contribution in [0.3, 0.4) is 0 Å². The van der Waals surface area contributed by atoms with Crippen LogP contribution in [0.5, 0.6) is 0 Å². The zero-order valence-corrected chi connectivity index (χ0v) is 13.9. The van der Waals surface area contributed by atoms with Crippen LogP contribution in [-0.2, 0) is 10.0 Å². The summed E-state index contributed by atoms with van der Waals surface area (Å²) in [6.07, 6.45) is 2.29. The number of anilines is 1. The number of thiazole rings is 1. The Hall–Kier alpha value is -0.960. The monoisotopic (exact) mass is 375 g/mol. The van der Waals surface area contributed by atoms with Crippen LogP contribution in [0.1, 0.15) is 24.9 Å². The van der Waals surface area contributed by atoms with Gasteiger partial charge in [-0.25, -0.2) is 13.4 Å². The molecule has 0 spiro atoms. The van der Waals surface area contributed by atoms with E-state index in [1.54, 1.807) is 18.3 Å². The molecule has 1 atom stereocenters. The molecule has 108 valence electrons.